The molecule has 2 nitrogen and oxygen atoms in total. The summed E-state index contributed by atoms with van der Waals surface area (Å²) in [7, 11) is 0. The Morgan fingerprint density at radius 2 is 2.12 bits per heavy atom. The van der Waals surface area contributed by atoms with Crippen LogP contribution in [0.1, 0.15) is 35.6 Å². The topological polar surface area (TPSA) is 21.3 Å². The van der Waals surface area contributed by atoms with Gasteiger partial charge in [0.25, 0.3) is 0 Å². The summed E-state index contributed by atoms with van der Waals surface area (Å²) in [6, 6.07) is 3.08. The predicted octanol–water partition coefficient (Wildman–Crippen LogP) is 3.14. The Morgan fingerprint density at radius 1 is 1.38 bits per heavy atom. The van der Waals surface area contributed by atoms with Crippen molar-refractivity contribution in [1.82, 2.24) is 5.32 Å². The van der Waals surface area contributed by atoms with Gasteiger partial charge in [-0.1, -0.05) is 11.6 Å². The van der Waals surface area contributed by atoms with Gasteiger partial charge in [0.2, 0.25) is 0 Å². The number of hydrogen-bond donors (Lipinski definition) is 1. The number of fused-ring (bicyclic) bond motifs is 1. The van der Waals surface area contributed by atoms with Gasteiger partial charge in [-0.05, 0) is 43.9 Å². The molecule has 1 aliphatic heterocycles. The van der Waals surface area contributed by atoms with E-state index in [-0.39, 0.29) is 0 Å². The summed E-state index contributed by atoms with van der Waals surface area (Å²) < 4.78 is 5.74. The summed E-state index contributed by atoms with van der Waals surface area (Å²) in [5.74, 6) is 1.01. The molecule has 0 radical (unpaired) electrons. The molecule has 1 aliphatic carbocycles. The predicted molar refractivity (Wildman–Crippen MR) is 65.3 cm³/mol. The Bertz CT molecular complexity index is 440. The molecule has 1 N–H and O–H groups in total. The van der Waals surface area contributed by atoms with Crippen molar-refractivity contribution in [2.24, 2.45) is 0 Å². The van der Waals surface area contributed by atoms with Crippen molar-refractivity contribution >= 4 is 11.6 Å². The fraction of sp³-hybridized carbons (Fsp3) is 0.538. The molecule has 16 heavy (non-hydrogen) atoms. The van der Waals surface area contributed by atoms with Gasteiger partial charge in [0.15, 0.2) is 0 Å². The Morgan fingerprint density at radius 3 is 2.81 bits per heavy atom. The number of rotatable bonds is 2. The fourth-order valence-electron chi connectivity index (χ4n) is 2.41. The average molecular weight is 238 g/mol. The van der Waals surface area contributed by atoms with Crippen molar-refractivity contribution in [3.05, 3.63) is 27.8 Å². The first-order chi connectivity index (χ1) is 7.66. The fourth-order valence-corrected chi connectivity index (χ4v) is 2.57. The minimum Gasteiger partial charge on any atom is -0.491 e. The molecular formula is C13H16ClNO. The van der Waals surface area contributed by atoms with Crippen LogP contribution in [-0.2, 0) is 0 Å². The molecule has 1 heterocycles. The van der Waals surface area contributed by atoms with Crippen LogP contribution in [0, 0.1) is 13.8 Å². The number of ether oxygens (including phenoxy) is 1. The van der Waals surface area contributed by atoms with Crippen LogP contribution in [0.3, 0.4) is 0 Å². The van der Waals surface area contributed by atoms with E-state index in [4.69, 9.17) is 16.3 Å². The zero-order chi connectivity index (χ0) is 11.3. The van der Waals surface area contributed by atoms with Crippen LogP contribution in [0.5, 0.6) is 5.75 Å². The zero-order valence-electron chi connectivity index (χ0n) is 9.64. The van der Waals surface area contributed by atoms with Crippen LogP contribution in [0.4, 0.5) is 0 Å². The van der Waals surface area contributed by atoms with Crippen molar-refractivity contribution in [3.8, 4) is 5.75 Å². The molecule has 0 aromatic heterocycles. The lowest BCUT2D eigenvalue weighted by molar-refractivity contribution is 0.310. The van der Waals surface area contributed by atoms with E-state index in [0.29, 0.717) is 12.1 Å². The van der Waals surface area contributed by atoms with Gasteiger partial charge in [0, 0.05) is 16.6 Å². The van der Waals surface area contributed by atoms with Gasteiger partial charge in [-0.15, -0.1) is 0 Å². The van der Waals surface area contributed by atoms with Crippen molar-refractivity contribution in [3.63, 3.8) is 0 Å². The second-order valence-corrected chi connectivity index (χ2v) is 5.23. The second-order valence-electron chi connectivity index (χ2n) is 4.85. The summed E-state index contributed by atoms with van der Waals surface area (Å²) in [5.41, 5.74) is 3.54. The van der Waals surface area contributed by atoms with Gasteiger partial charge in [0.1, 0.15) is 12.4 Å². The standard InChI is InChI=1S/C13H16ClNO/c1-7-5-11-12(8(2)13(7)14)10(6-16-11)15-9-3-4-9/h5,9-10,15H,3-4,6H2,1-2H3. The normalized spacial score (nSPS) is 23.1. The van der Waals surface area contributed by atoms with Crippen molar-refractivity contribution < 1.29 is 4.74 Å². The Hall–Kier alpha value is -0.730. The quantitative estimate of drug-likeness (QED) is 0.853. The third-order valence-electron chi connectivity index (χ3n) is 3.46. The van der Waals surface area contributed by atoms with Crippen molar-refractivity contribution in [2.45, 2.75) is 38.8 Å². The molecular weight excluding hydrogens is 222 g/mol. The van der Waals surface area contributed by atoms with E-state index in [9.17, 15) is 0 Å². The maximum Gasteiger partial charge on any atom is 0.124 e. The number of aryl methyl sites for hydroxylation is 1. The maximum atomic E-state index is 6.30. The summed E-state index contributed by atoms with van der Waals surface area (Å²) in [6.07, 6.45) is 2.59. The highest BCUT2D eigenvalue weighted by Crippen LogP contribution is 2.41. The van der Waals surface area contributed by atoms with Crippen LogP contribution < -0.4 is 10.1 Å². The highest BCUT2D eigenvalue weighted by molar-refractivity contribution is 6.32. The smallest absolute Gasteiger partial charge is 0.124 e. The van der Waals surface area contributed by atoms with Gasteiger partial charge in [-0.3, -0.25) is 0 Å². The SMILES string of the molecule is Cc1cc2c(c(C)c1Cl)C(NC1CC1)CO2. The Balaban J connectivity index is 1.99. The Kier molecular flexibility index (Phi) is 2.37. The van der Waals surface area contributed by atoms with Crippen molar-refractivity contribution in [2.75, 3.05) is 6.61 Å². The van der Waals surface area contributed by atoms with E-state index in [1.165, 1.54) is 24.0 Å². The molecule has 1 aromatic rings. The van der Waals surface area contributed by atoms with Crippen LogP contribution in [0.25, 0.3) is 0 Å². The van der Waals surface area contributed by atoms with Crippen LogP contribution >= 0.6 is 11.6 Å². The molecule has 1 unspecified atom stereocenters. The monoisotopic (exact) mass is 237 g/mol. The Labute approximate surface area is 101 Å². The molecule has 1 saturated carbocycles. The zero-order valence-corrected chi connectivity index (χ0v) is 10.4. The maximum absolute atomic E-state index is 6.30. The molecule has 86 valence electrons. The van der Waals surface area contributed by atoms with Crippen LogP contribution in [-0.4, -0.2) is 12.6 Å². The van der Waals surface area contributed by atoms with Crippen molar-refractivity contribution in [1.29, 1.82) is 0 Å². The summed E-state index contributed by atoms with van der Waals surface area (Å²) in [6.45, 7) is 4.86. The highest BCUT2D eigenvalue weighted by atomic mass is 35.5. The number of halogens is 1. The molecule has 2 aliphatic rings. The molecule has 1 fully saturated rings. The lowest BCUT2D eigenvalue weighted by Crippen LogP contribution is -2.24. The molecule has 0 bridgehead atoms. The average Bonchev–Trinajstić information content (AvgIpc) is 2.97. The number of hydrogen-bond acceptors (Lipinski definition) is 2. The van der Waals surface area contributed by atoms with Gasteiger partial charge in [0.05, 0.1) is 6.04 Å². The first-order valence-electron chi connectivity index (χ1n) is 5.85. The molecule has 0 amide bonds. The summed E-state index contributed by atoms with van der Waals surface area (Å²) >= 11 is 6.30. The second kappa shape index (κ2) is 3.64. The lowest BCUT2D eigenvalue weighted by Gasteiger charge is -2.14. The molecule has 0 saturated heterocycles. The molecule has 1 atom stereocenters. The van der Waals surface area contributed by atoms with Gasteiger partial charge < -0.3 is 10.1 Å². The van der Waals surface area contributed by atoms with E-state index >= 15 is 0 Å². The van der Waals surface area contributed by atoms with Crippen LogP contribution in [0.2, 0.25) is 5.02 Å². The number of nitrogens with one attached hydrogen (secondary N) is 1. The summed E-state index contributed by atoms with van der Waals surface area (Å²) in [5, 5.41) is 4.49. The highest BCUT2D eigenvalue weighted by Gasteiger charge is 2.32. The minimum absolute atomic E-state index is 0.334. The minimum atomic E-state index is 0.334. The third-order valence-corrected chi connectivity index (χ3v) is 4.04. The van der Waals surface area contributed by atoms with Gasteiger partial charge in [-0.2, -0.15) is 0 Å². The molecule has 1 aromatic carbocycles. The summed E-state index contributed by atoms with van der Waals surface area (Å²) in [4.78, 5) is 0. The largest absolute Gasteiger partial charge is 0.491 e. The first kappa shape index (κ1) is 10.4. The van der Waals surface area contributed by atoms with Crippen LogP contribution in [0.15, 0.2) is 6.07 Å². The lowest BCUT2D eigenvalue weighted by atomic mass is 10.00. The van der Waals surface area contributed by atoms with E-state index < -0.39 is 0 Å². The van der Waals surface area contributed by atoms with Gasteiger partial charge >= 0.3 is 0 Å². The van der Waals surface area contributed by atoms with E-state index in [1.54, 1.807) is 0 Å². The molecule has 3 heteroatoms. The number of benzene rings is 1. The molecule has 3 rings (SSSR count). The van der Waals surface area contributed by atoms with Gasteiger partial charge in [-0.25, -0.2) is 0 Å². The van der Waals surface area contributed by atoms with E-state index in [2.05, 4.69) is 18.3 Å². The van der Waals surface area contributed by atoms with E-state index in [0.717, 1.165) is 22.9 Å². The first-order valence-corrected chi connectivity index (χ1v) is 6.23. The molecule has 0 spiro atoms. The van der Waals surface area contributed by atoms with E-state index in [1.807, 2.05) is 6.92 Å². The third kappa shape index (κ3) is 1.61.